The zero-order valence-corrected chi connectivity index (χ0v) is 13.7. The highest BCUT2D eigenvalue weighted by Crippen LogP contribution is 2.32. The molecule has 0 aliphatic carbocycles. The number of rotatable bonds is 2. The second kappa shape index (κ2) is 6.57. The Morgan fingerprint density at radius 2 is 2.14 bits per heavy atom. The molecular formula is C17H20N2O2S. The van der Waals surface area contributed by atoms with Crippen molar-refractivity contribution in [1.82, 2.24) is 4.90 Å². The van der Waals surface area contributed by atoms with Gasteiger partial charge in [0.25, 0.3) is 5.91 Å². The normalized spacial score (nSPS) is 23.8. The van der Waals surface area contributed by atoms with Crippen LogP contribution in [0.25, 0.3) is 6.08 Å². The van der Waals surface area contributed by atoms with Crippen molar-refractivity contribution < 1.29 is 9.53 Å². The van der Waals surface area contributed by atoms with Gasteiger partial charge in [-0.2, -0.15) is 4.99 Å². The van der Waals surface area contributed by atoms with E-state index in [-0.39, 0.29) is 5.91 Å². The summed E-state index contributed by atoms with van der Waals surface area (Å²) in [7, 11) is 1.64. The van der Waals surface area contributed by atoms with E-state index in [0.717, 1.165) is 29.6 Å². The summed E-state index contributed by atoms with van der Waals surface area (Å²) < 4.78 is 5.14. The summed E-state index contributed by atoms with van der Waals surface area (Å²) in [6.07, 6.45) is 4.33. The highest BCUT2D eigenvalue weighted by atomic mass is 32.2. The topological polar surface area (TPSA) is 41.9 Å². The van der Waals surface area contributed by atoms with Gasteiger partial charge in [0.1, 0.15) is 5.75 Å². The van der Waals surface area contributed by atoms with Crippen LogP contribution in [0.1, 0.15) is 25.3 Å². The summed E-state index contributed by atoms with van der Waals surface area (Å²) in [5.41, 5.74) is 0.986. The van der Waals surface area contributed by atoms with E-state index in [9.17, 15) is 4.79 Å². The van der Waals surface area contributed by atoms with Crippen molar-refractivity contribution in [2.24, 2.45) is 10.9 Å². The van der Waals surface area contributed by atoms with Gasteiger partial charge in [-0.3, -0.25) is 4.79 Å². The lowest BCUT2D eigenvalue weighted by Crippen LogP contribution is -2.37. The number of aliphatic imine (C=N–C) groups is 1. The third kappa shape index (κ3) is 3.35. The van der Waals surface area contributed by atoms with Gasteiger partial charge in [0.15, 0.2) is 5.17 Å². The number of ether oxygens (including phenoxy) is 1. The van der Waals surface area contributed by atoms with Crippen LogP contribution >= 0.6 is 11.8 Å². The summed E-state index contributed by atoms with van der Waals surface area (Å²) in [5.74, 6) is 1.35. The fourth-order valence-corrected chi connectivity index (χ4v) is 3.70. The molecule has 4 nitrogen and oxygen atoms in total. The Bertz CT molecular complexity index is 622. The number of amidine groups is 1. The molecule has 2 aliphatic rings. The van der Waals surface area contributed by atoms with Gasteiger partial charge in [-0.15, -0.1) is 0 Å². The Balaban J connectivity index is 1.72. The standard InChI is InChI=1S/C17H20N2O2S/c1-12-4-3-9-19(11-12)17-18-16(20)15(22-17)10-13-5-7-14(21-2)8-6-13/h5-8,10,12H,3-4,9,11H2,1-2H3/b15-10+/t12-/m1/s1. The quantitative estimate of drug-likeness (QED) is 0.784. The molecule has 1 atom stereocenters. The number of hydrogen-bond donors (Lipinski definition) is 0. The molecule has 1 saturated heterocycles. The summed E-state index contributed by atoms with van der Waals surface area (Å²) in [4.78, 5) is 19.3. The first-order valence-electron chi connectivity index (χ1n) is 7.57. The molecule has 3 rings (SSSR count). The zero-order chi connectivity index (χ0) is 15.5. The lowest BCUT2D eigenvalue weighted by Gasteiger charge is -2.31. The van der Waals surface area contributed by atoms with Gasteiger partial charge in [0.05, 0.1) is 12.0 Å². The van der Waals surface area contributed by atoms with Crippen molar-refractivity contribution in [1.29, 1.82) is 0 Å². The molecule has 0 N–H and O–H groups in total. The van der Waals surface area contributed by atoms with Crippen LogP contribution < -0.4 is 4.74 Å². The molecule has 1 fully saturated rings. The van der Waals surface area contributed by atoms with Crippen LogP contribution in [0.5, 0.6) is 5.75 Å². The molecule has 1 aromatic carbocycles. The minimum atomic E-state index is -0.131. The van der Waals surface area contributed by atoms with E-state index >= 15 is 0 Å². The van der Waals surface area contributed by atoms with Crippen molar-refractivity contribution in [3.63, 3.8) is 0 Å². The molecule has 2 heterocycles. The van der Waals surface area contributed by atoms with E-state index in [1.807, 2.05) is 30.3 Å². The minimum Gasteiger partial charge on any atom is -0.497 e. The van der Waals surface area contributed by atoms with E-state index in [0.29, 0.717) is 10.8 Å². The third-order valence-electron chi connectivity index (χ3n) is 3.95. The highest BCUT2D eigenvalue weighted by Gasteiger charge is 2.28. The minimum absolute atomic E-state index is 0.131. The van der Waals surface area contributed by atoms with E-state index in [1.165, 1.54) is 24.6 Å². The summed E-state index contributed by atoms with van der Waals surface area (Å²) in [6, 6.07) is 7.68. The van der Waals surface area contributed by atoms with Crippen molar-refractivity contribution >= 4 is 28.9 Å². The number of thioether (sulfide) groups is 1. The monoisotopic (exact) mass is 316 g/mol. The van der Waals surface area contributed by atoms with Crippen LogP contribution in [0.4, 0.5) is 0 Å². The van der Waals surface area contributed by atoms with Crippen LogP contribution in [-0.2, 0) is 4.79 Å². The molecule has 0 aromatic heterocycles. The number of carbonyl (C=O) groups is 1. The van der Waals surface area contributed by atoms with E-state index < -0.39 is 0 Å². The molecule has 0 radical (unpaired) electrons. The smallest absolute Gasteiger partial charge is 0.286 e. The fraction of sp³-hybridized carbons (Fsp3) is 0.412. The maximum atomic E-state index is 12.1. The van der Waals surface area contributed by atoms with Gasteiger partial charge in [-0.05, 0) is 54.3 Å². The first kappa shape index (κ1) is 15.2. The van der Waals surface area contributed by atoms with Gasteiger partial charge in [-0.1, -0.05) is 19.1 Å². The number of hydrogen-bond acceptors (Lipinski definition) is 4. The van der Waals surface area contributed by atoms with Crippen LogP contribution in [0.15, 0.2) is 34.2 Å². The van der Waals surface area contributed by atoms with E-state index in [4.69, 9.17) is 4.74 Å². The number of nitrogens with zero attached hydrogens (tertiary/aromatic N) is 2. The average Bonchev–Trinajstić information content (AvgIpc) is 2.89. The molecule has 0 bridgehead atoms. The van der Waals surface area contributed by atoms with E-state index in [2.05, 4.69) is 16.8 Å². The molecule has 2 aliphatic heterocycles. The molecule has 22 heavy (non-hydrogen) atoms. The van der Waals surface area contributed by atoms with Crippen LogP contribution in [-0.4, -0.2) is 36.2 Å². The summed E-state index contributed by atoms with van der Waals surface area (Å²) in [6.45, 7) is 4.25. The van der Waals surface area contributed by atoms with Gasteiger partial charge >= 0.3 is 0 Å². The predicted octanol–water partition coefficient (Wildman–Crippen LogP) is 3.40. The highest BCUT2D eigenvalue weighted by molar-refractivity contribution is 8.18. The molecule has 116 valence electrons. The number of carbonyl (C=O) groups excluding carboxylic acids is 1. The van der Waals surface area contributed by atoms with Gasteiger partial charge in [-0.25, -0.2) is 0 Å². The Morgan fingerprint density at radius 1 is 1.36 bits per heavy atom. The average molecular weight is 316 g/mol. The third-order valence-corrected chi connectivity index (χ3v) is 4.99. The van der Waals surface area contributed by atoms with Crippen LogP contribution in [0.2, 0.25) is 0 Å². The maximum absolute atomic E-state index is 12.1. The first-order valence-corrected chi connectivity index (χ1v) is 8.39. The Kier molecular flexibility index (Phi) is 4.52. The first-order chi connectivity index (χ1) is 10.7. The lowest BCUT2D eigenvalue weighted by molar-refractivity contribution is -0.113. The van der Waals surface area contributed by atoms with Crippen LogP contribution in [0.3, 0.4) is 0 Å². The van der Waals surface area contributed by atoms with E-state index in [1.54, 1.807) is 7.11 Å². The molecule has 0 saturated carbocycles. The van der Waals surface area contributed by atoms with Gasteiger partial charge in [0.2, 0.25) is 0 Å². The lowest BCUT2D eigenvalue weighted by atomic mass is 10.0. The SMILES string of the molecule is COc1ccc(/C=C2/SC(N3CCC[C@@H](C)C3)=NC2=O)cc1. The molecule has 5 heteroatoms. The van der Waals surface area contributed by atoms with Gasteiger partial charge in [0, 0.05) is 13.1 Å². The predicted molar refractivity (Wildman–Crippen MR) is 91.0 cm³/mol. The maximum Gasteiger partial charge on any atom is 0.286 e. The zero-order valence-electron chi connectivity index (χ0n) is 12.9. The van der Waals surface area contributed by atoms with Crippen molar-refractivity contribution in [3.8, 4) is 5.75 Å². The Labute approximate surface area is 135 Å². The van der Waals surface area contributed by atoms with Crippen LogP contribution in [0, 0.1) is 5.92 Å². The number of methoxy groups -OCH3 is 1. The fourth-order valence-electron chi connectivity index (χ4n) is 2.75. The molecule has 0 spiro atoms. The Morgan fingerprint density at radius 3 is 2.82 bits per heavy atom. The number of benzene rings is 1. The Hall–Kier alpha value is -1.75. The summed E-state index contributed by atoms with van der Waals surface area (Å²) >= 11 is 1.49. The number of likely N-dealkylation sites (tertiary alicyclic amines) is 1. The second-order valence-electron chi connectivity index (χ2n) is 5.78. The summed E-state index contributed by atoms with van der Waals surface area (Å²) in [5, 5.41) is 0.858. The molecule has 1 amide bonds. The molecular weight excluding hydrogens is 296 g/mol. The van der Waals surface area contributed by atoms with Gasteiger partial charge < -0.3 is 9.64 Å². The second-order valence-corrected chi connectivity index (χ2v) is 6.79. The largest absolute Gasteiger partial charge is 0.497 e. The molecule has 1 aromatic rings. The molecule has 0 unspecified atom stereocenters. The van der Waals surface area contributed by atoms with Crippen molar-refractivity contribution in [2.45, 2.75) is 19.8 Å². The number of piperidine rings is 1. The van der Waals surface area contributed by atoms with Crippen molar-refractivity contribution in [2.75, 3.05) is 20.2 Å². The van der Waals surface area contributed by atoms with Crippen molar-refractivity contribution in [3.05, 3.63) is 34.7 Å². The number of amides is 1.